The molecule has 0 saturated carbocycles. The first-order valence-electron chi connectivity index (χ1n) is 4.85. The summed E-state index contributed by atoms with van der Waals surface area (Å²) in [6.07, 6.45) is 0.519. The van der Waals surface area contributed by atoms with Gasteiger partial charge in [-0.3, -0.25) is 0 Å². The van der Waals surface area contributed by atoms with Crippen molar-refractivity contribution in [3.63, 3.8) is 0 Å². The average Bonchev–Trinajstić information content (AvgIpc) is 2.21. The SMILES string of the molecule is CC(O)(CN)CCOc1ccccc1Br. The molecule has 0 spiro atoms. The van der Waals surface area contributed by atoms with Crippen LogP contribution < -0.4 is 10.5 Å². The van der Waals surface area contributed by atoms with E-state index in [0.29, 0.717) is 13.0 Å². The molecule has 0 radical (unpaired) electrons. The van der Waals surface area contributed by atoms with E-state index in [1.165, 1.54) is 0 Å². The van der Waals surface area contributed by atoms with Crippen LogP contribution in [-0.2, 0) is 0 Å². The molecule has 84 valence electrons. The van der Waals surface area contributed by atoms with Gasteiger partial charge < -0.3 is 15.6 Å². The maximum absolute atomic E-state index is 9.65. The molecule has 1 atom stereocenters. The van der Waals surface area contributed by atoms with Gasteiger partial charge in [0.1, 0.15) is 5.75 Å². The van der Waals surface area contributed by atoms with Crippen LogP contribution in [0.3, 0.4) is 0 Å². The molecule has 0 aliphatic heterocycles. The molecule has 1 aromatic rings. The predicted octanol–water partition coefficient (Wildman–Crippen LogP) is 1.93. The zero-order chi connectivity index (χ0) is 11.3. The van der Waals surface area contributed by atoms with Gasteiger partial charge in [0, 0.05) is 13.0 Å². The van der Waals surface area contributed by atoms with Crippen LogP contribution in [0.2, 0.25) is 0 Å². The number of ether oxygens (including phenoxy) is 1. The summed E-state index contributed by atoms with van der Waals surface area (Å²) in [5.41, 5.74) is 4.55. The summed E-state index contributed by atoms with van der Waals surface area (Å²) in [7, 11) is 0. The number of nitrogens with two attached hydrogens (primary N) is 1. The summed E-state index contributed by atoms with van der Waals surface area (Å²) in [5.74, 6) is 0.783. The molecule has 0 aromatic heterocycles. The van der Waals surface area contributed by atoms with Crippen molar-refractivity contribution in [2.24, 2.45) is 5.73 Å². The summed E-state index contributed by atoms with van der Waals surface area (Å²) in [4.78, 5) is 0. The number of para-hydroxylation sites is 1. The topological polar surface area (TPSA) is 55.5 Å². The quantitative estimate of drug-likeness (QED) is 0.862. The second-order valence-electron chi connectivity index (χ2n) is 3.73. The lowest BCUT2D eigenvalue weighted by molar-refractivity contribution is 0.0452. The Kier molecular flexibility index (Phi) is 4.57. The van der Waals surface area contributed by atoms with Crippen LogP contribution in [0.4, 0.5) is 0 Å². The normalized spacial score (nSPS) is 14.7. The minimum atomic E-state index is -0.846. The third-order valence-corrected chi connectivity index (χ3v) is 2.83. The highest BCUT2D eigenvalue weighted by molar-refractivity contribution is 9.10. The third-order valence-electron chi connectivity index (χ3n) is 2.17. The lowest BCUT2D eigenvalue weighted by Gasteiger charge is -2.20. The Balaban J connectivity index is 2.42. The summed E-state index contributed by atoms with van der Waals surface area (Å²) >= 11 is 3.38. The highest BCUT2D eigenvalue weighted by atomic mass is 79.9. The molecule has 0 amide bonds. The molecule has 0 aliphatic carbocycles. The molecule has 1 rings (SSSR count). The maximum atomic E-state index is 9.65. The first-order valence-corrected chi connectivity index (χ1v) is 5.64. The number of benzene rings is 1. The third kappa shape index (κ3) is 4.20. The fourth-order valence-electron chi connectivity index (χ4n) is 1.04. The maximum Gasteiger partial charge on any atom is 0.133 e. The van der Waals surface area contributed by atoms with E-state index in [9.17, 15) is 5.11 Å². The van der Waals surface area contributed by atoms with Crippen molar-refractivity contribution >= 4 is 15.9 Å². The van der Waals surface area contributed by atoms with Crippen molar-refractivity contribution in [3.8, 4) is 5.75 Å². The molecule has 3 N–H and O–H groups in total. The Morgan fingerprint density at radius 3 is 2.73 bits per heavy atom. The van der Waals surface area contributed by atoms with Crippen molar-refractivity contribution in [3.05, 3.63) is 28.7 Å². The van der Waals surface area contributed by atoms with Crippen LogP contribution in [-0.4, -0.2) is 23.9 Å². The number of hydrogen-bond donors (Lipinski definition) is 2. The summed E-state index contributed by atoms with van der Waals surface area (Å²) in [6.45, 7) is 2.40. The van der Waals surface area contributed by atoms with E-state index in [0.717, 1.165) is 10.2 Å². The standard InChI is InChI=1S/C11H16BrNO2/c1-11(14,8-13)6-7-15-10-5-3-2-4-9(10)12/h2-5,14H,6-8,13H2,1H3. The minimum Gasteiger partial charge on any atom is -0.492 e. The molecule has 0 aliphatic rings. The van der Waals surface area contributed by atoms with Gasteiger partial charge in [0.05, 0.1) is 16.7 Å². The van der Waals surface area contributed by atoms with Crippen LogP contribution in [0.1, 0.15) is 13.3 Å². The van der Waals surface area contributed by atoms with Gasteiger partial charge in [0.25, 0.3) is 0 Å². The van der Waals surface area contributed by atoms with Gasteiger partial charge in [0.2, 0.25) is 0 Å². The molecule has 0 heterocycles. The van der Waals surface area contributed by atoms with Crippen molar-refractivity contribution in [1.29, 1.82) is 0 Å². The van der Waals surface area contributed by atoms with Crippen LogP contribution >= 0.6 is 15.9 Å². The first-order chi connectivity index (χ1) is 7.05. The lowest BCUT2D eigenvalue weighted by atomic mass is 10.0. The van der Waals surface area contributed by atoms with Gasteiger partial charge in [-0.15, -0.1) is 0 Å². The van der Waals surface area contributed by atoms with Crippen molar-refractivity contribution in [1.82, 2.24) is 0 Å². The molecule has 1 unspecified atom stereocenters. The minimum absolute atomic E-state index is 0.242. The van der Waals surface area contributed by atoms with Crippen LogP contribution in [0.5, 0.6) is 5.75 Å². The molecule has 3 nitrogen and oxygen atoms in total. The van der Waals surface area contributed by atoms with Gasteiger partial charge >= 0.3 is 0 Å². The fraction of sp³-hybridized carbons (Fsp3) is 0.455. The molecule has 15 heavy (non-hydrogen) atoms. The van der Waals surface area contributed by atoms with Gasteiger partial charge in [-0.1, -0.05) is 12.1 Å². The zero-order valence-electron chi connectivity index (χ0n) is 8.74. The van der Waals surface area contributed by atoms with Crippen LogP contribution in [0, 0.1) is 0 Å². The molecule has 0 saturated heterocycles. The lowest BCUT2D eigenvalue weighted by Crippen LogP contribution is -2.35. The number of hydrogen-bond acceptors (Lipinski definition) is 3. The largest absolute Gasteiger partial charge is 0.492 e. The number of aliphatic hydroxyl groups is 1. The summed E-state index contributed by atoms with van der Waals surface area (Å²) in [6, 6.07) is 7.62. The average molecular weight is 274 g/mol. The number of halogens is 1. The van der Waals surface area contributed by atoms with E-state index in [4.69, 9.17) is 10.5 Å². The Hall–Kier alpha value is -0.580. The van der Waals surface area contributed by atoms with Gasteiger partial charge in [-0.05, 0) is 35.0 Å². The van der Waals surface area contributed by atoms with Gasteiger partial charge in [-0.2, -0.15) is 0 Å². The predicted molar refractivity (Wildman–Crippen MR) is 63.9 cm³/mol. The molecule has 0 bridgehead atoms. The Bertz CT molecular complexity index is 315. The zero-order valence-corrected chi connectivity index (χ0v) is 10.3. The Labute approximate surface area is 98.4 Å². The molecular weight excluding hydrogens is 258 g/mol. The summed E-state index contributed by atoms with van der Waals surface area (Å²) in [5, 5.41) is 9.65. The van der Waals surface area contributed by atoms with Crippen molar-refractivity contribution in [2.75, 3.05) is 13.2 Å². The Morgan fingerprint density at radius 2 is 2.13 bits per heavy atom. The number of rotatable bonds is 5. The van der Waals surface area contributed by atoms with Gasteiger partial charge in [-0.25, -0.2) is 0 Å². The second-order valence-corrected chi connectivity index (χ2v) is 4.58. The molecule has 1 aromatic carbocycles. The van der Waals surface area contributed by atoms with Crippen molar-refractivity contribution in [2.45, 2.75) is 18.9 Å². The van der Waals surface area contributed by atoms with E-state index in [-0.39, 0.29) is 6.54 Å². The smallest absolute Gasteiger partial charge is 0.133 e. The van der Waals surface area contributed by atoms with Crippen LogP contribution in [0.15, 0.2) is 28.7 Å². The monoisotopic (exact) mass is 273 g/mol. The molecule has 4 heteroatoms. The van der Waals surface area contributed by atoms with Crippen molar-refractivity contribution < 1.29 is 9.84 Å². The Morgan fingerprint density at radius 1 is 1.47 bits per heavy atom. The first kappa shape index (κ1) is 12.5. The van der Waals surface area contributed by atoms with E-state index < -0.39 is 5.60 Å². The van der Waals surface area contributed by atoms with Crippen LogP contribution in [0.25, 0.3) is 0 Å². The molecule has 0 fully saturated rings. The van der Waals surface area contributed by atoms with Gasteiger partial charge in [0.15, 0.2) is 0 Å². The van der Waals surface area contributed by atoms with E-state index in [2.05, 4.69) is 15.9 Å². The second kappa shape index (κ2) is 5.49. The van der Waals surface area contributed by atoms with E-state index in [1.807, 2.05) is 24.3 Å². The summed E-state index contributed by atoms with van der Waals surface area (Å²) < 4.78 is 6.43. The fourth-order valence-corrected chi connectivity index (χ4v) is 1.44. The highest BCUT2D eigenvalue weighted by Crippen LogP contribution is 2.24. The molecular formula is C11H16BrNO2. The highest BCUT2D eigenvalue weighted by Gasteiger charge is 2.17. The van der Waals surface area contributed by atoms with E-state index in [1.54, 1.807) is 6.92 Å². The van der Waals surface area contributed by atoms with E-state index >= 15 is 0 Å².